The van der Waals surface area contributed by atoms with Gasteiger partial charge in [0.1, 0.15) is 5.82 Å². The highest BCUT2D eigenvalue weighted by Crippen LogP contribution is 2.48. The first-order valence-electron chi connectivity index (χ1n) is 11.1. The molecule has 0 aromatic heterocycles. The molecule has 7 heteroatoms. The number of carboxylic acids is 1. The molecule has 1 heterocycles. The van der Waals surface area contributed by atoms with E-state index in [1.165, 1.54) is 52.1 Å². The number of carboxylic acid groups (broad SMARTS) is 1. The number of anilines is 2. The second-order valence-electron chi connectivity index (χ2n) is 8.33. The zero-order valence-electron chi connectivity index (χ0n) is 19.0. The number of fused-ring (bicyclic) bond motifs is 1. The van der Waals surface area contributed by atoms with Gasteiger partial charge in [0.15, 0.2) is 0 Å². The Morgan fingerprint density at radius 1 is 1.25 bits per heavy atom. The standard InChI is InChI=1S/C25H32FNO2S3/c1-4-6-11-25(5-2)16-27(20-9-7-19(26)8-10-20)21-13-22(30-3)18(12-23(21)32-17-25)14-31-15-24(28)29/h7-10,12-13H,4-6,11,14-17H2,1-3H3,(H,28,29). The number of aliphatic carboxylic acids is 1. The summed E-state index contributed by atoms with van der Waals surface area (Å²) in [6, 6.07) is 11.3. The Labute approximate surface area is 203 Å². The summed E-state index contributed by atoms with van der Waals surface area (Å²) in [5.41, 5.74) is 3.56. The summed E-state index contributed by atoms with van der Waals surface area (Å²) in [6.45, 7) is 5.44. The molecule has 0 bridgehead atoms. The van der Waals surface area contributed by atoms with E-state index in [4.69, 9.17) is 5.11 Å². The quantitative estimate of drug-likeness (QED) is 0.342. The maximum atomic E-state index is 13.7. The third kappa shape index (κ3) is 6.17. The van der Waals surface area contributed by atoms with Crippen LogP contribution in [0.2, 0.25) is 0 Å². The van der Waals surface area contributed by atoms with E-state index in [1.54, 1.807) is 23.9 Å². The molecule has 1 aliphatic rings. The van der Waals surface area contributed by atoms with Crippen LogP contribution in [0.1, 0.15) is 45.1 Å². The van der Waals surface area contributed by atoms with Crippen LogP contribution in [-0.2, 0) is 10.5 Å². The van der Waals surface area contributed by atoms with Crippen molar-refractivity contribution in [1.29, 1.82) is 0 Å². The highest BCUT2D eigenvalue weighted by Gasteiger charge is 2.35. The second-order valence-corrected chi connectivity index (χ2v) is 11.2. The Balaban J connectivity index is 2.04. The molecule has 0 saturated carbocycles. The first-order chi connectivity index (χ1) is 15.4. The van der Waals surface area contributed by atoms with Gasteiger partial charge in [-0.2, -0.15) is 0 Å². The fourth-order valence-corrected chi connectivity index (χ4v) is 7.00. The van der Waals surface area contributed by atoms with Crippen molar-refractivity contribution >= 4 is 52.6 Å². The minimum absolute atomic E-state index is 0.107. The lowest BCUT2D eigenvalue weighted by molar-refractivity contribution is -0.133. The average Bonchev–Trinajstić information content (AvgIpc) is 2.95. The molecule has 1 unspecified atom stereocenters. The van der Waals surface area contributed by atoms with Crippen LogP contribution >= 0.6 is 35.3 Å². The molecule has 0 aliphatic carbocycles. The van der Waals surface area contributed by atoms with Gasteiger partial charge in [0.25, 0.3) is 0 Å². The minimum atomic E-state index is -0.782. The van der Waals surface area contributed by atoms with E-state index in [9.17, 15) is 9.18 Å². The summed E-state index contributed by atoms with van der Waals surface area (Å²) >= 11 is 5.05. The van der Waals surface area contributed by atoms with Crippen molar-refractivity contribution in [1.82, 2.24) is 0 Å². The number of benzene rings is 2. The SMILES string of the molecule is CCCCC1(CC)CSc2cc(CSCC(=O)O)c(SC)cc2N(c2ccc(F)cc2)C1. The second kappa shape index (κ2) is 11.7. The normalized spacial score (nSPS) is 18.3. The van der Waals surface area contributed by atoms with E-state index >= 15 is 0 Å². The van der Waals surface area contributed by atoms with Crippen molar-refractivity contribution in [2.24, 2.45) is 5.41 Å². The molecule has 0 amide bonds. The van der Waals surface area contributed by atoms with Crippen LogP contribution < -0.4 is 4.90 Å². The number of hydrogen-bond acceptors (Lipinski definition) is 5. The first-order valence-corrected chi connectivity index (χ1v) is 14.4. The molecule has 2 aromatic carbocycles. The van der Waals surface area contributed by atoms with Gasteiger partial charge in [-0.1, -0.05) is 26.7 Å². The maximum Gasteiger partial charge on any atom is 0.313 e. The molecule has 0 saturated heterocycles. The fraction of sp³-hybridized carbons (Fsp3) is 0.480. The first kappa shape index (κ1) is 25.3. The van der Waals surface area contributed by atoms with Gasteiger partial charge < -0.3 is 10.0 Å². The monoisotopic (exact) mass is 493 g/mol. The lowest BCUT2D eigenvalue weighted by Crippen LogP contribution is -2.36. The van der Waals surface area contributed by atoms with Crippen LogP contribution in [0, 0.1) is 11.2 Å². The summed E-state index contributed by atoms with van der Waals surface area (Å²) in [6.07, 6.45) is 6.72. The van der Waals surface area contributed by atoms with Crippen LogP contribution in [0.4, 0.5) is 15.8 Å². The summed E-state index contributed by atoms with van der Waals surface area (Å²) in [4.78, 5) is 15.7. The number of carbonyl (C=O) groups is 1. The van der Waals surface area contributed by atoms with Gasteiger partial charge >= 0.3 is 5.97 Å². The Morgan fingerprint density at radius 3 is 2.62 bits per heavy atom. The van der Waals surface area contributed by atoms with Crippen LogP contribution in [0.15, 0.2) is 46.2 Å². The van der Waals surface area contributed by atoms with Gasteiger partial charge in [0.2, 0.25) is 0 Å². The molecule has 3 rings (SSSR count). The lowest BCUT2D eigenvalue weighted by atomic mass is 9.81. The Hall–Kier alpha value is -1.31. The number of unbranched alkanes of at least 4 members (excludes halogenated alkanes) is 1. The predicted molar refractivity (Wildman–Crippen MR) is 138 cm³/mol. The van der Waals surface area contributed by atoms with Gasteiger partial charge in [-0.05, 0) is 66.5 Å². The molecule has 1 aliphatic heterocycles. The van der Waals surface area contributed by atoms with Crippen LogP contribution in [0.5, 0.6) is 0 Å². The van der Waals surface area contributed by atoms with Gasteiger partial charge in [-0.15, -0.1) is 35.3 Å². The molecule has 2 aromatic rings. The lowest BCUT2D eigenvalue weighted by Gasteiger charge is -2.37. The number of rotatable bonds is 10. The molecule has 0 radical (unpaired) electrons. The van der Waals surface area contributed by atoms with Gasteiger partial charge in [0.05, 0.1) is 11.4 Å². The largest absolute Gasteiger partial charge is 0.481 e. The van der Waals surface area contributed by atoms with E-state index in [1.807, 2.05) is 23.9 Å². The third-order valence-electron chi connectivity index (χ3n) is 6.11. The molecule has 32 heavy (non-hydrogen) atoms. The molecular weight excluding hydrogens is 461 g/mol. The third-order valence-corrected chi connectivity index (χ3v) is 9.29. The Kier molecular flexibility index (Phi) is 9.26. The summed E-state index contributed by atoms with van der Waals surface area (Å²) in [7, 11) is 0. The van der Waals surface area contributed by atoms with Crippen molar-refractivity contribution in [3.05, 3.63) is 47.8 Å². The van der Waals surface area contributed by atoms with E-state index in [-0.39, 0.29) is 17.0 Å². The van der Waals surface area contributed by atoms with Gasteiger partial charge in [-0.25, -0.2) is 4.39 Å². The van der Waals surface area contributed by atoms with E-state index in [2.05, 4.69) is 37.1 Å². The predicted octanol–water partition coefficient (Wildman–Crippen LogP) is 7.70. The van der Waals surface area contributed by atoms with Crippen LogP contribution in [0.3, 0.4) is 0 Å². The van der Waals surface area contributed by atoms with Crippen molar-refractivity contribution in [3.63, 3.8) is 0 Å². The highest BCUT2D eigenvalue weighted by atomic mass is 32.2. The van der Waals surface area contributed by atoms with E-state index < -0.39 is 5.97 Å². The molecule has 0 fully saturated rings. The van der Waals surface area contributed by atoms with Crippen molar-refractivity contribution in [3.8, 4) is 0 Å². The molecule has 1 N–H and O–H groups in total. The Bertz CT molecular complexity index is 922. The number of halogens is 1. The summed E-state index contributed by atoms with van der Waals surface area (Å²) < 4.78 is 13.7. The number of nitrogens with zero attached hydrogens (tertiary/aromatic N) is 1. The highest BCUT2D eigenvalue weighted by molar-refractivity contribution is 8.00. The smallest absolute Gasteiger partial charge is 0.313 e. The van der Waals surface area contributed by atoms with E-state index in [0.717, 1.165) is 24.4 Å². The molecule has 1 atom stereocenters. The van der Waals surface area contributed by atoms with Gasteiger partial charge in [-0.3, -0.25) is 4.79 Å². The fourth-order valence-electron chi connectivity index (χ4n) is 4.11. The summed E-state index contributed by atoms with van der Waals surface area (Å²) in [5.74, 6) is 0.837. The van der Waals surface area contributed by atoms with Crippen LogP contribution in [-0.4, -0.2) is 35.4 Å². The zero-order valence-corrected chi connectivity index (χ0v) is 21.5. The van der Waals surface area contributed by atoms with Crippen LogP contribution in [0.25, 0.3) is 0 Å². The molecule has 174 valence electrons. The van der Waals surface area contributed by atoms with E-state index in [0.29, 0.717) is 5.75 Å². The summed E-state index contributed by atoms with van der Waals surface area (Å²) in [5, 5.41) is 9.02. The average molecular weight is 494 g/mol. The Morgan fingerprint density at radius 2 is 2.00 bits per heavy atom. The van der Waals surface area contributed by atoms with Crippen molar-refractivity contribution < 1.29 is 14.3 Å². The zero-order chi connectivity index (χ0) is 23.1. The van der Waals surface area contributed by atoms with Crippen molar-refractivity contribution in [2.45, 2.75) is 55.1 Å². The number of thioether (sulfide) groups is 3. The topological polar surface area (TPSA) is 40.5 Å². The maximum absolute atomic E-state index is 13.7. The van der Waals surface area contributed by atoms with Crippen molar-refractivity contribution in [2.75, 3.05) is 29.2 Å². The minimum Gasteiger partial charge on any atom is -0.481 e. The molecule has 3 nitrogen and oxygen atoms in total. The molecule has 0 spiro atoms. The molecular formula is C25H32FNO2S3. The number of hydrogen-bond donors (Lipinski definition) is 1. The van der Waals surface area contributed by atoms with Gasteiger partial charge in [0, 0.05) is 33.5 Å².